The lowest BCUT2D eigenvalue weighted by atomic mass is 10.1. The minimum atomic E-state index is 0.114. The van der Waals surface area contributed by atoms with Crippen LogP contribution in [0.15, 0.2) is 24.4 Å². The molecule has 0 radical (unpaired) electrons. The molecule has 0 aliphatic carbocycles. The molecule has 3 N–H and O–H groups in total. The molecule has 3 nitrogen and oxygen atoms in total. The van der Waals surface area contributed by atoms with Crippen molar-refractivity contribution in [1.82, 2.24) is 4.57 Å². The largest absolute Gasteiger partial charge is 0.508 e. The third-order valence-electron chi connectivity index (χ3n) is 2.57. The Hall–Kier alpha value is -1.48. The van der Waals surface area contributed by atoms with E-state index in [-0.39, 0.29) is 6.04 Å². The zero-order valence-electron chi connectivity index (χ0n) is 9.07. The number of phenols is 1. The van der Waals surface area contributed by atoms with Crippen molar-refractivity contribution in [3.63, 3.8) is 0 Å². The number of aromatic hydroxyl groups is 1. The van der Waals surface area contributed by atoms with Crippen LogP contribution >= 0.6 is 0 Å². The molecule has 0 aliphatic heterocycles. The fraction of sp³-hybridized carbons (Fsp3) is 0.333. The number of rotatable bonds is 2. The lowest BCUT2D eigenvalue weighted by Gasteiger charge is -2.09. The van der Waals surface area contributed by atoms with E-state index in [0.717, 1.165) is 17.6 Å². The highest BCUT2D eigenvalue weighted by atomic mass is 16.3. The van der Waals surface area contributed by atoms with E-state index < -0.39 is 0 Å². The number of aryl methyl sites for hydroxylation is 1. The van der Waals surface area contributed by atoms with Gasteiger partial charge in [-0.1, -0.05) is 0 Å². The van der Waals surface area contributed by atoms with Crippen LogP contribution in [0.3, 0.4) is 0 Å². The van der Waals surface area contributed by atoms with Crippen molar-refractivity contribution < 1.29 is 5.11 Å². The molecule has 1 aromatic carbocycles. The first-order valence-corrected chi connectivity index (χ1v) is 5.12. The average molecular weight is 204 g/mol. The minimum absolute atomic E-state index is 0.114. The van der Waals surface area contributed by atoms with Gasteiger partial charge in [0, 0.05) is 30.2 Å². The van der Waals surface area contributed by atoms with Gasteiger partial charge in [-0.25, -0.2) is 0 Å². The summed E-state index contributed by atoms with van der Waals surface area (Å²) in [5, 5.41) is 10.7. The van der Waals surface area contributed by atoms with Gasteiger partial charge in [0.15, 0.2) is 0 Å². The van der Waals surface area contributed by atoms with Crippen LogP contribution in [0.5, 0.6) is 5.75 Å². The van der Waals surface area contributed by atoms with Gasteiger partial charge in [0.2, 0.25) is 0 Å². The van der Waals surface area contributed by atoms with Crippen LogP contribution in [0.4, 0.5) is 0 Å². The monoisotopic (exact) mass is 204 g/mol. The predicted octanol–water partition coefficient (Wildman–Crippen LogP) is 2.00. The number of hydrogen-bond donors (Lipinski definition) is 2. The summed E-state index contributed by atoms with van der Waals surface area (Å²) >= 11 is 0. The molecule has 1 unspecified atom stereocenters. The Bertz CT molecular complexity index is 486. The van der Waals surface area contributed by atoms with E-state index in [9.17, 15) is 5.11 Å². The van der Waals surface area contributed by atoms with Crippen molar-refractivity contribution in [2.45, 2.75) is 26.4 Å². The van der Waals surface area contributed by atoms with E-state index in [2.05, 4.69) is 10.6 Å². The van der Waals surface area contributed by atoms with E-state index in [1.807, 2.05) is 20.0 Å². The lowest BCUT2D eigenvalue weighted by molar-refractivity contribution is 0.475. The van der Waals surface area contributed by atoms with Gasteiger partial charge in [-0.2, -0.15) is 0 Å². The summed E-state index contributed by atoms with van der Waals surface area (Å²) in [5.74, 6) is 0.310. The molecular weight excluding hydrogens is 188 g/mol. The zero-order chi connectivity index (χ0) is 11.0. The first-order chi connectivity index (χ1) is 7.08. The van der Waals surface area contributed by atoms with Gasteiger partial charge in [0.1, 0.15) is 5.75 Å². The Morgan fingerprint density at radius 2 is 2.20 bits per heavy atom. The summed E-state index contributed by atoms with van der Waals surface area (Å²) in [4.78, 5) is 0. The van der Waals surface area contributed by atoms with Crippen molar-refractivity contribution in [1.29, 1.82) is 0 Å². The number of aromatic nitrogens is 1. The molecule has 2 aromatic rings. The summed E-state index contributed by atoms with van der Waals surface area (Å²) < 4.78 is 2.08. The van der Waals surface area contributed by atoms with Crippen LogP contribution < -0.4 is 5.73 Å². The van der Waals surface area contributed by atoms with Crippen LogP contribution in [0.25, 0.3) is 10.9 Å². The van der Waals surface area contributed by atoms with Crippen LogP contribution in [-0.4, -0.2) is 15.7 Å². The second-order valence-corrected chi connectivity index (χ2v) is 4.14. The van der Waals surface area contributed by atoms with Gasteiger partial charge in [0.05, 0.1) is 5.52 Å². The minimum Gasteiger partial charge on any atom is -0.508 e. The maximum atomic E-state index is 9.54. The number of hydrogen-bond acceptors (Lipinski definition) is 2. The molecule has 1 aromatic heterocycles. The fourth-order valence-electron chi connectivity index (χ4n) is 1.93. The van der Waals surface area contributed by atoms with E-state index in [1.54, 1.807) is 12.1 Å². The molecular formula is C12H16N2O. The molecule has 1 heterocycles. The SMILES string of the molecule is Cc1cc(O)cc2c1ccn2CC(C)N. The third kappa shape index (κ3) is 1.83. The molecule has 0 fully saturated rings. The standard InChI is InChI=1S/C12H16N2O/c1-8-5-10(15)6-12-11(8)3-4-14(12)7-9(2)13/h3-6,9,15H,7,13H2,1-2H3. The normalized spacial score (nSPS) is 13.3. The Morgan fingerprint density at radius 1 is 1.47 bits per heavy atom. The van der Waals surface area contributed by atoms with Gasteiger partial charge < -0.3 is 15.4 Å². The van der Waals surface area contributed by atoms with Gasteiger partial charge in [-0.05, 0) is 31.5 Å². The molecule has 0 spiro atoms. The molecule has 80 valence electrons. The quantitative estimate of drug-likeness (QED) is 0.786. The summed E-state index contributed by atoms with van der Waals surface area (Å²) in [6.07, 6.45) is 2.01. The molecule has 0 amide bonds. The first-order valence-electron chi connectivity index (χ1n) is 5.12. The second kappa shape index (κ2) is 3.59. The maximum absolute atomic E-state index is 9.54. The highest BCUT2D eigenvalue weighted by Crippen LogP contribution is 2.25. The van der Waals surface area contributed by atoms with Gasteiger partial charge >= 0.3 is 0 Å². The number of nitrogens with zero attached hydrogens (tertiary/aromatic N) is 1. The summed E-state index contributed by atoms with van der Waals surface area (Å²) in [6.45, 7) is 4.74. The molecule has 2 rings (SSSR count). The fourth-order valence-corrected chi connectivity index (χ4v) is 1.93. The van der Waals surface area contributed by atoms with Crippen molar-refractivity contribution in [3.05, 3.63) is 30.0 Å². The van der Waals surface area contributed by atoms with Crippen molar-refractivity contribution in [3.8, 4) is 5.75 Å². The van der Waals surface area contributed by atoms with Crippen LogP contribution in [0, 0.1) is 6.92 Å². The Kier molecular flexibility index (Phi) is 2.40. The van der Waals surface area contributed by atoms with Crippen molar-refractivity contribution in [2.75, 3.05) is 0 Å². The van der Waals surface area contributed by atoms with Crippen LogP contribution in [0.1, 0.15) is 12.5 Å². The molecule has 0 aliphatic rings. The summed E-state index contributed by atoms with van der Waals surface area (Å²) in [7, 11) is 0. The van der Waals surface area contributed by atoms with Gasteiger partial charge in [-0.3, -0.25) is 0 Å². The number of fused-ring (bicyclic) bond motifs is 1. The Morgan fingerprint density at radius 3 is 2.87 bits per heavy atom. The third-order valence-corrected chi connectivity index (χ3v) is 2.57. The molecule has 0 bridgehead atoms. The van der Waals surface area contributed by atoms with Gasteiger partial charge in [0.25, 0.3) is 0 Å². The van der Waals surface area contributed by atoms with E-state index >= 15 is 0 Å². The number of benzene rings is 1. The predicted molar refractivity (Wildman–Crippen MR) is 62.0 cm³/mol. The Labute approximate surface area is 89.1 Å². The number of phenolic OH excluding ortho intramolecular Hbond substituents is 1. The zero-order valence-corrected chi connectivity index (χ0v) is 9.07. The van der Waals surface area contributed by atoms with E-state index in [4.69, 9.17) is 5.73 Å². The smallest absolute Gasteiger partial charge is 0.117 e. The van der Waals surface area contributed by atoms with Crippen LogP contribution in [-0.2, 0) is 6.54 Å². The number of nitrogens with two attached hydrogens (primary N) is 1. The Balaban J connectivity index is 2.58. The molecule has 15 heavy (non-hydrogen) atoms. The topological polar surface area (TPSA) is 51.2 Å². The highest BCUT2D eigenvalue weighted by Gasteiger charge is 2.06. The highest BCUT2D eigenvalue weighted by molar-refractivity contribution is 5.85. The maximum Gasteiger partial charge on any atom is 0.117 e. The van der Waals surface area contributed by atoms with Gasteiger partial charge in [-0.15, -0.1) is 0 Å². The van der Waals surface area contributed by atoms with E-state index in [1.165, 1.54) is 5.39 Å². The first kappa shape index (κ1) is 10.1. The second-order valence-electron chi connectivity index (χ2n) is 4.14. The van der Waals surface area contributed by atoms with E-state index in [0.29, 0.717) is 5.75 Å². The van der Waals surface area contributed by atoms with Crippen molar-refractivity contribution >= 4 is 10.9 Å². The molecule has 3 heteroatoms. The molecule has 0 saturated carbocycles. The molecule has 1 atom stereocenters. The molecule has 0 saturated heterocycles. The van der Waals surface area contributed by atoms with Crippen molar-refractivity contribution in [2.24, 2.45) is 5.73 Å². The average Bonchev–Trinajstić information content (AvgIpc) is 2.48. The lowest BCUT2D eigenvalue weighted by Crippen LogP contribution is -2.21. The summed E-state index contributed by atoms with van der Waals surface area (Å²) in [5.41, 5.74) is 7.90. The summed E-state index contributed by atoms with van der Waals surface area (Å²) in [6, 6.07) is 5.73. The van der Waals surface area contributed by atoms with Crippen LogP contribution in [0.2, 0.25) is 0 Å².